The predicted molar refractivity (Wildman–Crippen MR) is 119 cm³/mol. The van der Waals surface area contributed by atoms with E-state index in [2.05, 4.69) is 4.74 Å². The van der Waals surface area contributed by atoms with Gasteiger partial charge in [0.05, 0.1) is 12.8 Å². The lowest BCUT2D eigenvalue weighted by Crippen LogP contribution is -2.61. The van der Waals surface area contributed by atoms with Gasteiger partial charge in [-0.25, -0.2) is 0 Å². The van der Waals surface area contributed by atoms with Crippen LogP contribution in [0.25, 0.3) is 0 Å². The Morgan fingerprint density at radius 1 is 0.769 bits per heavy atom. The zero-order chi connectivity index (χ0) is 30.7. The molecule has 0 bridgehead atoms. The normalized spacial score (nSPS) is 15.2. The molecule has 0 saturated heterocycles. The molecule has 0 aliphatic heterocycles. The fourth-order valence-corrected chi connectivity index (χ4v) is 4.24. The molecule has 0 aromatic carbocycles. The molecule has 0 aromatic heterocycles. The summed E-state index contributed by atoms with van der Waals surface area (Å²) in [7, 11) is -5.52. The molecule has 2 unspecified atom stereocenters. The summed E-state index contributed by atoms with van der Waals surface area (Å²) in [6.45, 7) is 2.04. The van der Waals surface area contributed by atoms with Gasteiger partial charge in [0.15, 0.2) is 5.25 Å². The molecule has 39 heavy (non-hydrogen) atoms. The minimum atomic E-state index is -7.19. The number of carboxylic acid groups (broad SMARTS) is 1. The number of aliphatic carboxylic acids is 1. The Hall–Kier alpha value is -1.78. The molecule has 2 N–H and O–H groups in total. The highest BCUT2D eigenvalue weighted by atomic mass is 32.2. The molecule has 0 heterocycles. The van der Waals surface area contributed by atoms with E-state index < -0.39 is 76.6 Å². The molecular formula is C22H33F9O7S. The molecule has 0 rings (SSSR count). The summed E-state index contributed by atoms with van der Waals surface area (Å²) < 4.78 is 156. The first-order valence-corrected chi connectivity index (χ1v) is 13.7. The van der Waals surface area contributed by atoms with Crippen molar-refractivity contribution < 1.29 is 71.9 Å². The largest absolute Gasteiger partial charge is 0.481 e. The number of ether oxygens (including phenoxy) is 1. The van der Waals surface area contributed by atoms with Crippen LogP contribution in [0.1, 0.15) is 90.4 Å². The van der Waals surface area contributed by atoms with Gasteiger partial charge in [-0.1, -0.05) is 64.7 Å². The van der Waals surface area contributed by atoms with Gasteiger partial charge in [-0.05, 0) is 12.8 Å². The van der Waals surface area contributed by atoms with Crippen molar-refractivity contribution >= 4 is 22.1 Å². The zero-order valence-electron chi connectivity index (χ0n) is 21.1. The molecule has 232 valence electrons. The van der Waals surface area contributed by atoms with Crippen LogP contribution in [-0.4, -0.2) is 65.3 Å². The molecule has 0 radical (unpaired) electrons. The van der Waals surface area contributed by atoms with E-state index in [0.29, 0.717) is 12.8 Å². The highest BCUT2D eigenvalue weighted by molar-refractivity contribution is 7.87. The van der Waals surface area contributed by atoms with Crippen molar-refractivity contribution in [1.82, 2.24) is 0 Å². The SMILES string of the molecule is CCCCCCCCCCCCC(CC(F)(F)C(F)(F)C(F)(F)C(F)(F)F)OC(=O)C(CC(=O)O)S(=O)(=O)O. The van der Waals surface area contributed by atoms with E-state index in [1.165, 1.54) is 0 Å². The summed E-state index contributed by atoms with van der Waals surface area (Å²) in [6.07, 6.45) is -7.49. The Labute approximate surface area is 220 Å². The number of hydrogen-bond donors (Lipinski definition) is 2. The summed E-state index contributed by atoms with van der Waals surface area (Å²) >= 11 is 0. The van der Waals surface area contributed by atoms with Crippen molar-refractivity contribution in [2.45, 2.75) is 126 Å². The number of carbonyl (C=O) groups is 2. The number of hydrogen-bond acceptors (Lipinski definition) is 5. The van der Waals surface area contributed by atoms with Crippen LogP contribution >= 0.6 is 0 Å². The zero-order valence-corrected chi connectivity index (χ0v) is 21.9. The monoisotopic (exact) mass is 612 g/mol. The smallest absolute Gasteiger partial charge is 0.460 e. The first-order valence-electron chi connectivity index (χ1n) is 12.2. The molecule has 0 fully saturated rings. The Bertz CT molecular complexity index is 878. The van der Waals surface area contributed by atoms with Crippen molar-refractivity contribution in [1.29, 1.82) is 0 Å². The van der Waals surface area contributed by atoms with Crippen LogP contribution < -0.4 is 0 Å². The fourth-order valence-electron chi connectivity index (χ4n) is 3.59. The van der Waals surface area contributed by atoms with Crippen molar-refractivity contribution in [2.75, 3.05) is 0 Å². The van der Waals surface area contributed by atoms with Gasteiger partial charge in [-0.2, -0.15) is 47.9 Å². The molecule has 0 saturated carbocycles. The van der Waals surface area contributed by atoms with Crippen molar-refractivity contribution in [3.05, 3.63) is 0 Å². The number of rotatable bonds is 20. The van der Waals surface area contributed by atoms with Gasteiger partial charge in [0, 0.05) is 0 Å². The maximum absolute atomic E-state index is 14.2. The van der Waals surface area contributed by atoms with Gasteiger partial charge in [0.2, 0.25) is 0 Å². The highest BCUT2D eigenvalue weighted by Gasteiger charge is 2.81. The van der Waals surface area contributed by atoms with Crippen LogP contribution in [0, 0.1) is 0 Å². The van der Waals surface area contributed by atoms with Crippen LogP contribution in [0.4, 0.5) is 39.5 Å². The van der Waals surface area contributed by atoms with E-state index in [0.717, 1.165) is 38.5 Å². The topological polar surface area (TPSA) is 118 Å². The van der Waals surface area contributed by atoms with Gasteiger partial charge < -0.3 is 9.84 Å². The van der Waals surface area contributed by atoms with Gasteiger partial charge in [0.1, 0.15) is 6.10 Å². The lowest BCUT2D eigenvalue weighted by molar-refractivity contribution is -0.398. The van der Waals surface area contributed by atoms with Gasteiger partial charge in [-0.15, -0.1) is 0 Å². The summed E-state index contributed by atoms with van der Waals surface area (Å²) in [5, 5.41) is 5.81. The van der Waals surface area contributed by atoms with E-state index in [9.17, 15) is 57.5 Å². The van der Waals surface area contributed by atoms with E-state index in [1.54, 1.807) is 0 Å². The number of halogens is 9. The van der Waals surface area contributed by atoms with Crippen LogP contribution in [0.5, 0.6) is 0 Å². The quantitative estimate of drug-likeness (QED) is 0.0672. The number of unbranched alkanes of at least 4 members (excludes halogenated alkanes) is 9. The maximum atomic E-state index is 14.2. The summed E-state index contributed by atoms with van der Waals surface area (Å²) in [5.74, 6) is -24.5. The third-order valence-electron chi connectivity index (χ3n) is 5.84. The summed E-state index contributed by atoms with van der Waals surface area (Å²) in [6, 6.07) is 0. The average molecular weight is 613 g/mol. The third-order valence-corrected chi connectivity index (χ3v) is 6.92. The molecule has 2 atom stereocenters. The van der Waals surface area contributed by atoms with E-state index >= 15 is 0 Å². The van der Waals surface area contributed by atoms with Crippen LogP contribution in [0.3, 0.4) is 0 Å². The van der Waals surface area contributed by atoms with E-state index in [-0.39, 0.29) is 12.8 Å². The lowest BCUT2D eigenvalue weighted by Gasteiger charge is -2.35. The van der Waals surface area contributed by atoms with E-state index in [1.807, 2.05) is 6.92 Å². The molecule has 0 aromatic rings. The number of carboxylic acids is 1. The van der Waals surface area contributed by atoms with Gasteiger partial charge >= 0.3 is 35.9 Å². The van der Waals surface area contributed by atoms with E-state index in [4.69, 9.17) is 9.66 Å². The second-order valence-corrected chi connectivity index (χ2v) is 10.8. The van der Waals surface area contributed by atoms with Crippen LogP contribution in [0.2, 0.25) is 0 Å². The molecule has 0 aliphatic carbocycles. The molecular weight excluding hydrogens is 579 g/mol. The predicted octanol–water partition coefficient (Wildman–Crippen LogP) is 6.80. The molecule has 17 heteroatoms. The molecule has 0 amide bonds. The molecule has 0 spiro atoms. The average Bonchev–Trinajstić information content (AvgIpc) is 2.76. The van der Waals surface area contributed by atoms with Crippen molar-refractivity contribution in [3.63, 3.8) is 0 Å². The Kier molecular flexibility index (Phi) is 14.6. The Morgan fingerprint density at radius 2 is 1.21 bits per heavy atom. The fraction of sp³-hybridized carbons (Fsp3) is 0.909. The standard InChI is InChI=1S/C22H33F9O7S/c1-2-3-4-5-6-7-8-9-10-11-12-15(38-18(34)16(13-17(32)33)39(35,36)37)14-19(23,24)20(25,26)21(27,28)22(29,30)31/h15-16H,2-14H2,1H3,(H,32,33)(H,35,36,37). The first kappa shape index (κ1) is 37.2. The van der Waals surface area contributed by atoms with Crippen LogP contribution in [0.15, 0.2) is 0 Å². The number of carbonyl (C=O) groups excluding carboxylic acids is 1. The Morgan fingerprint density at radius 3 is 1.59 bits per heavy atom. The number of alkyl halides is 9. The first-order chi connectivity index (χ1) is 17.6. The van der Waals surface area contributed by atoms with Gasteiger partial charge in [0.25, 0.3) is 10.1 Å². The highest BCUT2D eigenvalue weighted by Crippen LogP contribution is 2.54. The van der Waals surface area contributed by atoms with Crippen molar-refractivity contribution in [2.24, 2.45) is 0 Å². The number of esters is 1. The third kappa shape index (κ3) is 11.7. The molecule has 7 nitrogen and oxygen atoms in total. The summed E-state index contributed by atoms with van der Waals surface area (Å²) in [5.41, 5.74) is 0. The minimum Gasteiger partial charge on any atom is -0.481 e. The minimum absolute atomic E-state index is 0.166. The maximum Gasteiger partial charge on any atom is 0.460 e. The van der Waals surface area contributed by atoms with Crippen LogP contribution in [-0.2, 0) is 24.4 Å². The second-order valence-electron chi connectivity index (χ2n) is 9.19. The molecule has 0 aliphatic rings. The van der Waals surface area contributed by atoms with Gasteiger partial charge in [-0.3, -0.25) is 14.1 Å². The Balaban J connectivity index is 5.59. The summed E-state index contributed by atoms with van der Waals surface area (Å²) in [4.78, 5) is 22.9. The lowest BCUT2D eigenvalue weighted by atomic mass is 9.95. The second kappa shape index (κ2) is 15.3. The van der Waals surface area contributed by atoms with Crippen molar-refractivity contribution in [3.8, 4) is 0 Å².